The number of nitrogens with zero attached hydrogens (tertiary/aromatic N) is 1. The minimum absolute atomic E-state index is 0.191. The summed E-state index contributed by atoms with van der Waals surface area (Å²) in [6, 6.07) is 6.52. The van der Waals surface area contributed by atoms with Crippen LogP contribution < -0.4 is 5.32 Å². The summed E-state index contributed by atoms with van der Waals surface area (Å²) in [7, 11) is 1.56. The molecule has 0 aliphatic heterocycles. The van der Waals surface area contributed by atoms with E-state index in [1.807, 2.05) is 30.3 Å². The van der Waals surface area contributed by atoms with Crippen LogP contribution in [0.3, 0.4) is 0 Å². The van der Waals surface area contributed by atoms with Gasteiger partial charge in [-0.15, -0.1) is 0 Å². The standard InChI is InChI=1S/C27H42N2O7/c1-18(19(2)30)29(25(33)36-27(6,7)8)22(16-15-20-13-11-10-12-14-20)24(32)34-17-21(28-9)23(31)35-26(3,4)5/h10-14,18,21-22,28H,15-17H2,1-9H3. The number of hydrogen-bond acceptors (Lipinski definition) is 8. The molecule has 1 aromatic rings. The number of Topliss-reactive ketones (excluding diaryl/α,β-unsaturated/α-hetero) is 1. The first-order valence-electron chi connectivity index (χ1n) is 12.2. The van der Waals surface area contributed by atoms with Crippen molar-refractivity contribution in [1.82, 2.24) is 10.2 Å². The van der Waals surface area contributed by atoms with Crippen LogP contribution in [0.25, 0.3) is 0 Å². The Morgan fingerprint density at radius 2 is 1.47 bits per heavy atom. The van der Waals surface area contributed by atoms with E-state index in [4.69, 9.17) is 14.2 Å². The highest BCUT2D eigenvalue weighted by Gasteiger charge is 2.39. The number of hydrogen-bond donors (Lipinski definition) is 1. The van der Waals surface area contributed by atoms with E-state index in [1.54, 1.807) is 55.5 Å². The summed E-state index contributed by atoms with van der Waals surface area (Å²) in [5.41, 5.74) is -0.594. The zero-order valence-corrected chi connectivity index (χ0v) is 23.0. The second kappa shape index (κ2) is 13.4. The number of carbonyl (C=O) groups is 4. The maximum atomic E-state index is 13.4. The van der Waals surface area contributed by atoms with E-state index in [1.165, 1.54) is 6.92 Å². The first kappa shape index (κ1) is 31.1. The summed E-state index contributed by atoms with van der Waals surface area (Å²) in [4.78, 5) is 52.5. The molecule has 9 nitrogen and oxygen atoms in total. The van der Waals surface area contributed by atoms with Crippen molar-refractivity contribution in [3.63, 3.8) is 0 Å². The van der Waals surface area contributed by atoms with Crippen molar-refractivity contribution in [2.45, 2.75) is 97.6 Å². The fourth-order valence-corrected chi connectivity index (χ4v) is 3.29. The van der Waals surface area contributed by atoms with Gasteiger partial charge in [-0.1, -0.05) is 30.3 Å². The molecule has 3 atom stereocenters. The van der Waals surface area contributed by atoms with E-state index in [2.05, 4.69) is 5.32 Å². The molecule has 0 aliphatic carbocycles. The highest BCUT2D eigenvalue weighted by molar-refractivity contribution is 5.89. The number of ether oxygens (including phenoxy) is 3. The van der Waals surface area contributed by atoms with E-state index >= 15 is 0 Å². The highest BCUT2D eigenvalue weighted by atomic mass is 16.6. The third kappa shape index (κ3) is 10.8. The number of esters is 2. The minimum atomic E-state index is -1.12. The summed E-state index contributed by atoms with van der Waals surface area (Å²) in [5.74, 6) is -1.62. The van der Waals surface area contributed by atoms with Crippen molar-refractivity contribution < 1.29 is 33.4 Å². The normalized spacial score (nSPS) is 14.2. The van der Waals surface area contributed by atoms with Gasteiger partial charge in [0.2, 0.25) is 0 Å². The Kier molecular flexibility index (Phi) is 11.6. The zero-order chi connectivity index (χ0) is 27.7. The van der Waals surface area contributed by atoms with Gasteiger partial charge in [-0.25, -0.2) is 9.59 Å². The Morgan fingerprint density at radius 1 is 0.917 bits per heavy atom. The monoisotopic (exact) mass is 506 g/mol. The second-order valence-electron chi connectivity index (χ2n) is 10.7. The fourth-order valence-electron chi connectivity index (χ4n) is 3.29. The van der Waals surface area contributed by atoms with Crippen LogP contribution >= 0.6 is 0 Å². The number of rotatable bonds is 11. The molecular formula is C27H42N2O7. The van der Waals surface area contributed by atoms with Crippen molar-refractivity contribution in [3.8, 4) is 0 Å². The van der Waals surface area contributed by atoms with Crippen LogP contribution in [0.5, 0.6) is 0 Å². The molecule has 0 aliphatic rings. The van der Waals surface area contributed by atoms with Gasteiger partial charge in [-0.05, 0) is 80.8 Å². The minimum Gasteiger partial charge on any atom is -0.462 e. The first-order chi connectivity index (χ1) is 16.6. The van der Waals surface area contributed by atoms with Crippen LogP contribution in [0.15, 0.2) is 30.3 Å². The third-order valence-electron chi connectivity index (χ3n) is 5.20. The van der Waals surface area contributed by atoms with Crippen molar-refractivity contribution in [1.29, 1.82) is 0 Å². The number of aryl methyl sites for hydroxylation is 1. The summed E-state index contributed by atoms with van der Waals surface area (Å²) in [6.45, 7) is 12.9. The molecular weight excluding hydrogens is 464 g/mol. The molecule has 0 heterocycles. The molecule has 0 saturated heterocycles. The molecule has 1 N–H and O–H groups in total. The topological polar surface area (TPSA) is 111 Å². The van der Waals surface area contributed by atoms with Gasteiger partial charge in [0.1, 0.15) is 29.9 Å². The second-order valence-corrected chi connectivity index (χ2v) is 10.7. The Bertz CT molecular complexity index is 888. The van der Waals surface area contributed by atoms with E-state index < -0.39 is 47.4 Å². The van der Waals surface area contributed by atoms with Gasteiger partial charge >= 0.3 is 18.0 Å². The molecule has 9 heteroatoms. The van der Waals surface area contributed by atoms with Crippen LogP contribution in [0.2, 0.25) is 0 Å². The Labute approximate surface area is 214 Å². The number of nitrogens with one attached hydrogen (secondary N) is 1. The predicted octanol–water partition coefficient (Wildman–Crippen LogP) is 3.68. The first-order valence-corrected chi connectivity index (χ1v) is 12.2. The number of likely N-dealkylation sites (N-methyl/N-ethyl adjacent to an activating group) is 1. The molecule has 1 amide bonds. The van der Waals surface area contributed by atoms with Crippen molar-refractivity contribution in [3.05, 3.63) is 35.9 Å². The Balaban J connectivity index is 3.23. The number of ketones is 1. The average Bonchev–Trinajstić information content (AvgIpc) is 2.74. The van der Waals surface area contributed by atoms with Gasteiger partial charge in [-0.3, -0.25) is 14.5 Å². The maximum absolute atomic E-state index is 13.4. The number of benzene rings is 1. The maximum Gasteiger partial charge on any atom is 0.411 e. The molecule has 0 radical (unpaired) electrons. The zero-order valence-electron chi connectivity index (χ0n) is 23.0. The smallest absolute Gasteiger partial charge is 0.411 e. The predicted molar refractivity (Wildman–Crippen MR) is 136 cm³/mol. The van der Waals surface area contributed by atoms with Gasteiger partial charge in [0, 0.05) is 0 Å². The molecule has 202 valence electrons. The largest absolute Gasteiger partial charge is 0.462 e. The lowest BCUT2D eigenvalue weighted by Crippen LogP contribution is -2.54. The van der Waals surface area contributed by atoms with Crippen LogP contribution in [0.1, 0.15) is 67.4 Å². The van der Waals surface area contributed by atoms with Crippen molar-refractivity contribution in [2.75, 3.05) is 13.7 Å². The van der Waals surface area contributed by atoms with E-state index in [0.29, 0.717) is 6.42 Å². The molecule has 1 aromatic carbocycles. The lowest BCUT2D eigenvalue weighted by Gasteiger charge is -2.35. The fraction of sp³-hybridized carbons (Fsp3) is 0.630. The van der Waals surface area contributed by atoms with Gasteiger partial charge in [-0.2, -0.15) is 0 Å². The third-order valence-corrected chi connectivity index (χ3v) is 5.20. The van der Waals surface area contributed by atoms with Crippen molar-refractivity contribution >= 4 is 23.8 Å². The van der Waals surface area contributed by atoms with E-state index in [0.717, 1.165) is 10.5 Å². The summed E-state index contributed by atoms with van der Waals surface area (Å²) in [6.07, 6.45) is -0.153. The molecule has 0 bridgehead atoms. The summed E-state index contributed by atoms with van der Waals surface area (Å²) >= 11 is 0. The molecule has 0 spiro atoms. The van der Waals surface area contributed by atoms with Crippen LogP contribution in [-0.4, -0.2) is 71.7 Å². The number of amides is 1. The molecule has 0 aromatic heterocycles. The summed E-state index contributed by atoms with van der Waals surface area (Å²) in [5, 5.41) is 2.79. The van der Waals surface area contributed by atoms with Crippen LogP contribution in [-0.2, 0) is 35.0 Å². The molecule has 36 heavy (non-hydrogen) atoms. The quantitative estimate of drug-likeness (QED) is 0.357. The van der Waals surface area contributed by atoms with Crippen LogP contribution in [0.4, 0.5) is 4.79 Å². The lowest BCUT2D eigenvalue weighted by atomic mass is 10.0. The van der Waals surface area contributed by atoms with E-state index in [9.17, 15) is 19.2 Å². The Morgan fingerprint density at radius 3 is 1.94 bits per heavy atom. The SMILES string of the molecule is CNC(COC(=O)C(CCc1ccccc1)N(C(=O)OC(C)(C)C)C(C)C(C)=O)C(=O)OC(C)(C)C. The van der Waals surface area contributed by atoms with Gasteiger partial charge in [0.15, 0.2) is 5.78 Å². The molecule has 1 rings (SSSR count). The van der Waals surface area contributed by atoms with Gasteiger partial charge in [0.05, 0.1) is 6.04 Å². The molecule has 3 unspecified atom stereocenters. The molecule has 0 saturated carbocycles. The van der Waals surface area contributed by atoms with Crippen LogP contribution in [0, 0.1) is 0 Å². The van der Waals surface area contributed by atoms with Gasteiger partial charge in [0.25, 0.3) is 0 Å². The lowest BCUT2D eigenvalue weighted by molar-refractivity contribution is -0.162. The van der Waals surface area contributed by atoms with Crippen molar-refractivity contribution in [2.24, 2.45) is 0 Å². The number of carbonyl (C=O) groups excluding carboxylic acids is 4. The highest BCUT2D eigenvalue weighted by Crippen LogP contribution is 2.20. The summed E-state index contributed by atoms with van der Waals surface area (Å²) < 4.78 is 16.4. The molecule has 0 fully saturated rings. The van der Waals surface area contributed by atoms with E-state index in [-0.39, 0.29) is 18.8 Å². The van der Waals surface area contributed by atoms with Gasteiger partial charge < -0.3 is 19.5 Å². The Hall–Kier alpha value is -2.94. The average molecular weight is 507 g/mol.